The number of carbonyl (C=O) groups is 1. The van der Waals surface area contributed by atoms with Gasteiger partial charge in [-0.15, -0.1) is 0 Å². The summed E-state index contributed by atoms with van der Waals surface area (Å²) in [6, 6.07) is 8.92. The van der Waals surface area contributed by atoms with Crippen LogP contribution in [-0.4, -0.2) is 40.1 Å². The Morgan fingerprint density at radius 3 is 2.78 bits per heavy atom. The van der Waals surface area contributed by atoms with Gasteiger partial charge in [0.15, 0.2) is 11.5 Å². The Labute approximate surface area is 136 Å². The van der Waals surface area contributed by atoms with Gasteiger partial charge in [-0.1, -0.05) is 12.0 Å². The number of amides is 1. The largest absolute Gasteiger partial charge is 0.443 e. The molecule has 120 valence electrons. The van der Waals surface area contributed by atoms with Crippen molar-refractivity contribution < 1.29 is 14.3 Å². The van der Waals surface area contributed by atoms with E-state index in [2.05, 4.69) is 16.8 Å². The molecular weight excluding hydrogens is 292 g/mol. The van der Waals surface area contributed by atoms with E-state index in [4.69, 9.17) is 4.42 Å². The summed E-state index contributed by atoms with van der Waals surface area (Å²) in [4.78, 5) is 18.1. The Bertz CT molecular complexity index is 718. The van der Waals surface area contributed by atoms with Crippen LogP contribution in [0.5, 0.6) is 0 Å². The van der Waals surface area contributed by atoms with Crippen LogP contribution in [0.15, 0.2) is 40.9 Å². The summed E-state index contributed by atoms with van der Waals surface area (Å²) in [5.41, 5.74) is -0.167. The Balaban J connectivity index is 1.97. The topological polar surface area (TPSA) is 66.6 Å². The molecule has 0 saturated heterocycles. The SMILES string of the molecule is CN(CCc1ccccn1)C(=O)c1ccc(C#CC(C)(C)O)o1. The molecule has 0 aliphatic heterocycles. The molecule has 0 atom stereocenters. The zero-order chi connectivity index (χ0) is 16.9. The molecule has 0 radical (unpaired) electrons. The van der Waals surface area contributed by atoms with Crippen molar-refractivity contribution in [2.24, 2.45) is 0 Å². The quantitative estimate of drug-likeness (QED) is 0.878. The molecule has 0 spiro atoms. The average Bonchev–Trinajstić information content (AvgIpc) is 2.99. The maximum Gasteiger partial charge on any atom is 0.289 e. The van der Waals surface area contributed by atoms with Gasteiger partial charge in [-0.3, -0.25) is 9.78 Å². The average molecular weight is 312 g/mol. The highest BCUT2D eigenvalue weighted by molar-refractivity contribution is 5.91. The van der Waals surface area contributed by atoms with E-state index in [1.165, 1.54) is 0 Å². The Hall–Kier alpha value is -2.58. The van der Waals surface area contributed by atoms with E-state index in [0.717, 1.165) is 5.69 Å². The molecule has 0 saturated carbocycles. The van der Waals surface area contributed by atoms with Crippen molar-refractivity contribution in [3.63, 3.8) is 0 Å². The number of rotatable bonds is 4. The van der Waals surface area contributed by atoms with E-state index < -0.39 is 5.60 Å². The number of aliphatic hydroxyl groups is 1. The van der Waals surface area contributed by atoms with Crippen molar-refractivity contribution in [2.45, 2.75) is 25.9 Å². The fraction of sp³-hybridized carbons (Fsp3) is 0.333. The van der Waals surface area contributed by atoms with Gasteiger partial charge in [0.2, 0.25) is 0 Å². The second-order valence-electron chi connectivity index (χ2n) is 5.77. The molecule has 2 aromatic rings. The summed E-state index contributed by atoms with van der Waals surface area (Å²) in [7, 11) is 1.72. The van der Waals surface area contributed by atoms with Gasteiger partial charge in [0.1, 0.15) is 5.60 Å². The van der Waals surface area contributed by atoms with Gasteiger partial charge in [-0.25, -0.2) is 0 Å². The normalized spacial score (nSPS) is 10.8. The first-order chi connectivity index (χ1) is 10.8. The van der Waals surface area contributed by atoms with E-state index in [0.29, 0.717) is 18.7 Å². The first-order valence-electron chi connectivity index (χ1n) is 7.36. The van der Waals surface area contributed by atoms with Crippen LogP contribution in [0.2, 0.25) is 0 Å². The molecule has 2 aromatic heterocycles. The number of carbonyl (C=O) groups excluding carboxylic acids is 1. The maximum absolute atomic E-state index is 12.3. The standard InChI is InChI=1S/C18H20N2O3/c1-18(2,22)11-9-15-7-8-16(23-15)17(21)20(3)13-10-14-6-4-5-12-19-14/h4-8,12,22H,10,13H2,1-3H3. The summed E-state index contributed by atoms with van der Waals surface area (Å²) < 4.78 is 5.42. The van der Waals surface area contributed by atoms with Crippen molar-refractivity contribution in [1.82, 2.24) is 9.88 Å². The molecule has 0 aromatic carbocycles. The van der Waals surface area contributed by atoms with Gasteiger partial charge < -0.3 is 14.4 Å². The Kier molecular flexibility index (Phi) is 5.20. The van der Waals surface area contributed by atoms with Crippen LogP contribution in [0.4, 0.5) is 0 Å². The number of aromatic nitrogens is 1. The molecule has 1 N–H and O–H groups in total. The summed E-state index contributed by atoms with van der Waals surface area (Å²) in [6.45, 7) is 3.71. The van der Waals surface area contributed by atoms with Crippen molar-refractivity contribution in [2.75, 3.05) is 13.6 Å². The number of likely N-dealkylation sites (N-methyl/N-ethyl adjacent to an activating group) is 1. The van der Waals surface area contributed by atoms with E-state index in [-0.39, 0.29) is 11.7 Å². The molecule has 0 fully saturated rings. The second kappa shape index (κ2) is 7.12. The first kappa shape index (κ1) is 16.8. The number of nitrogens with zero attached hydrogens (tertiary/aromatic N) is 2. The summed E-state index contributed by atoms with van der Waals surface area (Å²) in [6.07, 6.45) is 2.41. The smallest absolute Gasteiger partial charge is 0.289 e. The minimum Gasteiger partial charge on any atom is -0.443 e. The third-order valence-corrected chi connectivity index (χ3v) is 3.08. The van der Waals surface area contributed by atoms with E-state index in [9.17, 15) is 9.90 Å². The van der Waals surface area contributed by atoms with Gasteiger partial charge in [-0.2, -0.15) is 0 Å². The Morgan fingerprint density at radius 1 is 1.35 bits per heavy atom. The highest BCUT2D eigenvalue weighted by atomic mass is 16.3. The molecule has 0 bridgehead atoms. The fourth-order valence-corrected chi connectivity index (χ4v) is 1.85. The van der Waals surface area contributed by atoms with Crippen LogP contribution >= 0.6 is 0 Å². The number of hydrogen-bond donors (Lipinski definition) is 1. The molecule has 0 aliphatic carbocycles. The minimum atomic E-state index is -1.10. The first-order valence-corrected chi connectivity index (χ1v) is 7.36. The van der Waals surface area contributed by atoms with Crippen LogP contribution in [0.1, 0.15) is 35.9 Å². The van der Waals surface area contributed by atoms with Crippen molar-refractivity contribution in [3.05, 3.63) is 53.7 Å². The zero-order valence-electron chi connectivity index (χ0n) is 13.5. The van der Waals surface area contributed by atoms with Crippen LogP contribution < -0.4 is 0 Å². The molecule has 2 heterocycles. The lowest BCUT2D eigenvalue weighted by atomic mass is 10.1. The number of furan rings is 1. The molecule has 1 amide bonds. The second-order valence-corrected chi connectivity index (χ2v) is 5.77. The predicted octanol–water partition coefficient (Wildman–Crippen LogP) is 2.11. The van der Waals surface area contributed by atoms with E-state index >= 15 is 0 Å². The lowest BCUT2D eigenvalue weighted by molar-refractivity contribution is 0.0764. The van der Waals surface area contributed by atoms with Gasteiger partial charge in [0.05, 0.1) is 0 Å². The third-order valence-electron chi connectivity index (χ3n) is 3.08. The summed E-state index contributed by atoms with van der Waals surface area (Å²) >= 11 is 0. The summed E-state index contributed by atoms with van der Waals surface area (Å²) in [5, 5.41) is 9.57. The Morgan fingerprint density at radius 2 is 2.13 bits per heavy atom. The predicted molar refractivity (Wildman–Crippen MR) is 86.8 cm³/mol. The molecule has 0 unspecified atom stereocenters. The lowest BCUT2D eigenvalue weighted by Crippen LogP contribution is -2.28. The van der Waals surface area contributed by atoms with Crippen LogP contribution in [-0.2, 0) is 6.42 Å². The monoisotopic (exact) mass is 312 g/mol. The molecule has 23 heavy (non-hydrogen) atoms. The van der Waals surface area contributed by atoms with Crippen LogP contribution in [0.3, 0.4) is 0 Å². The van der Waals surface area contributed by atoms with Gasteiger partial charge in [-0.05, 0) is 44.0 Å². The van der Waals surface area contributed by atoms with E-state index in [1.54, 1.807) is 44.1 Å². The molecule has 5 heteroatoms. The number of hydrogen-bond acceptors (Lipinski definition) is 4. The van der Waals surface area contributed by atoms with Crippen molar-refractivity contribution >= 4 is 5.91 Å². The lowest BCUT2D eigenvalue weighted by Gasteiger charge is -2.15. The van der Waals surface area contributed by atoms with E-state index in [1.807, 2.05) is 18.2 Å². The van der Waals surface area contributed by atoms with Crippen molar-refractivity contribution in [1.29, 1.82) is 0 Å². The summed E-state index contributed by atoms with van der Waals surface area (Å²) in [5.74, 6) is 5.73. The third kappa shape index (κ3) is 5.28. The molecular formula is C18H20N2O3. The number of pyridine rings is 1. The molecule has 5 nitrogen and oxygen atoms in total. The van der Waals surface area contributed by atoms with Crippen molar-refractivity contribution in [3.8, 4) is 11.8 Å². The van der Waals surface area contributed by atoms with Gasteiger partial charge >= 0.3 is 0 Å². The van der Waals surface area contributed by atoms with Crippen LogP contribution in [0, 0.1) is 11.8 Å². The minimum absolute atomic E-state index is 0.211. The maximum atomic E-state index is 12.3. The zero-order valence-corrected chi connectivity index (χ0v) is 13.5. The molecule has 0 aliphatic rings. The van der Waals surface area contributed by atoms with Gasteiger partial charge in [0.25, 0.3) is 5.91 Å². The van der Waals surface area contributed by atoms with Gasteiger partial charge in [0, 0.05) is 31.9 Å². The van der Waals surface area contributed by atoms with Crippen LogP contribution in [0.25, 0.3) is 0 Å². The highest BCUT2D eigenvalue weighted by Crippen LogP contribution is 2.10. The highest BCUT2D eigenvalue weighted by Gasteiger charge is 2.16. The molecule has 2 rings (SSSR count). The fourth-order valence-electron chi connectivity index (χ4n) is 1.85.